The minimum absolute atomic E-state index is 0.00464. The smallest absolute Gasteiger partial charge is 0.263 e. The summed E-state index contributed by atoms with van der Waals surface area (Å²) >= 11 is 4.66. The Balaban J connectivity index is 2.05. The number of thiazole rings is 1. The van der Waals surface area contributed by atoms with Gasteiger partial charge in [0.1, 0.15) is 9.84 Å². The predicted molar refractivity (Wildman–Crippen MR) is 90.5 cm³/mol. The van der Waals surface area contributed by atoms with Crippen molar-refractivity contribution < 1.29 is 0 Å². The van der Waals surface area contributed by atoms with Crippen molar-refractivity contribution >= 4 is 44.7 Å². The zero-order valence-corrected chi connectivity index (χ0v) is 13.8. The Bertz CT molecular complexity index is 820. The molecular weight excluding hydrogens is 322 g/mol. The second kappa shape index (κ2) is 6.13. The van der Waals surface area contributed by atoms with Gasteiger partial charge in [0.2, 0.25) is 0 Å². The quantitative estimate of drug-likeness (QED) is 0.402. The summed E-state index contributed by atoms with van der Waals surface area (Å²) in [5, 5.41) is 6.44. The Morgan fingerprint density at radius 3 is 3.05 bits per heavy atom. The van der Waals surface area contributed by atoms with Gasteiger partial charge in [-0.1, -0.05) is 17.8 Å². The maximum atomic E-state index is 12.5. The number of aromatic nitrogens is 3. The number of hydrogen-bond donors (Lipinski definition) is 0. The van der Waals surface area contributed by atoms with E-state index >= 15 is 0 Å². The molecule has 0 radical (unpaired) electrons. The van der Waals surface area contributed by atoms with E-state index in [1.165, 1.54) is 11.3 Å². The van der Waals surface area contributed by atoms with Gasteiger partial charge in [-0.05, 0) is 18.4 Å². The van der Waals surface area contributed by atoms with E-state index < -0.39 is 0 Å². The molecule has 0 aliphatic carbocycles. The average molecular weight is 335 g/mol. The molecular formula is C14H13N3OS3. The van der Waals surface area contributed by atoms with Crippen molar-refractivity contribution in [1.82, 2.24) is 14.5 Å². The third-order valence-electron chi connectivity index (χ3n) is 2.94. The molecule has 3 aromatic heterocycles. The third-order valence-corrected chi connectivity index (χ3v) is 5.95. The van der Waals surface area contributed by atoms with Crippen molar-refractivity contribution in [3.8, 4) is 0 Å². The number of hydrogen-bond acceptors (Lipinski definition) is 6. The lowest BCUT2D eigenvalue weighted by Gasteiger charge is -2.13. The van der Waals surface area contributed by atoms with Crippen molar-refractivity contribution in [2.45, 2.75) is 23.9 Å². The van der Waals surface area contributed by atoms with E-state index in [9.17, 15) is 4.79 Å². The molecule has 3 aromatic rings. The fourth-order valence-electron chi connectivity index (χ4n) is 1.95. The molecule has 0 saturated carbocycles. The Labute approximate surface area is 134 Å². The van der Waals surface area contributed by atoms with E-state index in [4.69, 9.17) is 0 Å². The standard InChI is InChI=1S/C14H13N3OS3/c1-3-6-17-13(18)10-4-7-19-12(10)16-14(17)21-9(2)11-15-5-8-20-11/h3-5,7-9H,1,6H2,2H3. The summed E-state index contributed by atoms with van der Waals surface area (Å²) in [4.78, 5) is 22.3. The molecule has 3 rings (SSSR count). The van der Waals surface area contributed by atoms with Crippen LogP contribution in [0.1, 0.15) is 17.2 Å². The van der Waals surface area contributed by atoms with Gasteiger partial charge in [-0.25, -0.2) is 9.97 Å². The molecule has 7 heteroatoms. The summed E-state index contributed by atoms with van der Waals surface area (Å²) in [5.41, 5.74) is -0.00464. The van der Waals surface area contributed by atoms with Crippen LogP contribution < -0.4 is 5.56 Å². The van der Waals surface area contributed by atoms with Crippen LogP contribution in [-0.2, 0) is 6.54 Å². The van der Waals surface area contributed by atoms with E-state index in [1.54, 1.807) is 39.9 Å². The first kappa shape index (κ1) is 14.5. The highest BCUT2D eigenvalue weighted by Gasteiger charge is 2.16. The highest BCUT2D eigenvalue weighted by atomic mass is 32.2. The van der Waals surface area contributed by atoms with E-state index in [0.717, 1.165) is 15.0 Å². The number of fused-ring (bicyclic) bond motifs is 1. The van der Waals surface area contributed by atoms with Crippen LogP contribution in [0.15, 0.2) is 45.6 Å². The fraction of sp³-hybridized carbons (Fsp3) is 0.214. The highest BCUT2D eigenvalue weighted by Crippen LogP contribution is 2.35. The van der Waals surface area contributed by atoms with Crippen LogP contribution >= 0.6 is 34.4 Å². The van der Waals surface area contributed by atoms with Gasteiger partial charge in [-0.2, -0.15) is 0 Å². The van der Waals surface area contributed by atoms with Gasteiger partial charge in [0.05, 0.1) is 10.6 Å². The van der Waals surface area contributed by atoms with Gasteiger partial charge >= 0.3 is 0 Å². The molecule has 0 N–H and O–H groups in total. The minimum atomic E-state index is -0.00464. The monoisotopic (exact) mass is 335 g/mol. The van der Waals surface area contributed by atoms with Crippen LogP contribution in [0.25, 0.3) is 10.2 Å². The first-order valence-electron chi connectivity index (χ1n) is 6.35. The Morgan fingerprint density at radius 1 is 1.48 bits per heavy atom. The molecule has 0 aliphatic rings. The van der Waals surface area contributed by atoms with Crippen molar-refractivity contribution in [2.24, 2.45) is 0 Å². The zero-order valence-electron chi connectivity index (χ0n) is 11.4. The Morgan fingerprint density at radius 2 is 2.33 bits per heavy atom. The maximum Gasteiger partial charge on any atom is 0.263 e. The SMILES string of the molecule is C=CCn1c(SC(C)c2nccs2)nc2sccc2c1=O. The largest absolute Gasteiger partial charge is 0.283 e. The summed E-state index contributed by atoms with van der Waals surface area (Å²) in [6.07, 6.45) is 3.52. The van der Waals surface area contributed by atoms with Crippen LogP contribution in [0.4, 0.5) is 0 Å². The molecule has 108 valence electrons. The second-order valence-electron chi connectivity index (χ2n) is 4.37. The number of allylic oxidation sites excluding steroid dienone is 1. The van der Waals surface area contributed by atoms with Gasteiger partial charge in [-0.15, -0.1) is 29.3 Å². The summed E-state index contributed by atoms with van der Waals surface area (Å²) in [6.45, 7) is 6.27. The van der Waals surface area contributed by atoms with Gasteiger partial charge in [0.15, 0.2) is 5.16 Å². The molecule has 3 heterocycles. The van der Waals surface area contributed by atoms with Gasteiger partial charge < -0.3 is 0 Å². The summed E-state index contributed by atoms with van der Waals surface area (Å²) in [6, 6.07) is 1.83. The number of thioether (sulfide) groups is 1. The second-order valence-corrected chi connectivity index (χ2v) is 7.50. The summed E-state index contributed by atoms with van der Waals surface area (Å²) in [5.74, 6) is 0. The lowest BCUT2D eigenvalue weighted by Crippen LogP contribution is -2.22. The fourth-order valence-corrected chi connectivity index (χ4v) is 4.56. The van der Waals surface area contributed by atoms with Crippen LogP contribution in [0.5, 0.6) is 0 Å². The van der Waals surface area contributed by atoms with Crippen LogP contribution in [0.2, 0.25) is 0 Å². The molecule has 0 spiro atoms. The summed E-state index contributed by atoms with van der Waals surface area (Å²) < 4.78 is 1.68. The van der Waals surface area contributed by atoms with Gasteiger partial charge in [0.25, 0.3) is 5.56 Å². The molecule has 0 aromatic carbocycles. The van der Waals surface area contributed by atoms with Crippen molar-refractivity contribution in [1.29, 1.82) is 0 Å². The van der Waals surface area contributed by atoms with Crippen LogP contribution in [0.3, 0.4) is 0 Å². The Kier molecular flexibility index (Phi) is 4.23. The zero-order chi connectivity index (χ0) is 14.8. The normalized spacial score (nSPS) is 12.6. The first-order chi connectivity index (χ1) is 10.2. The highest BCUT2D eigenvalue weighted by molar-refractivity contribution is 7.99. The van der Waals surface area contributed by atoms with Gasteiger partial charge in [-0.3, -0.25) is 9.36 Å². The topological polar surface area (TPSA) is 47.8 Å². The van der Waals surface area contributed by atoms with Crippen molar-refractivity contribution in [2.75, 3.05) is 0 Å². The predicted octanol–water partition coefficient (Wildman–Crippen LogP) is 3.95. The third kappa shape index (κ3) is 2.81. The Hall–Kier alpha value is -1.44. The number of thiophene rings is 1. The lowest BCUT2D eigenvalue weighted by atomic mass is 10.4. The van der Waals surface area contributed by atoms with Gasteiger partial charge in [0, 0.05) is 18.1 Å². The van der Waals surface area contributed by atoms with Crippen molar-refractivity contribution in [3.05, 3.63) is 51.0 Å². The molecule has 1 atom stereocenters. The summed E-state index contributed by atoms with van der Waals surface area (Å²) in [7, 11) is 0. The van der Waals surface area contributed by atoms with E-state index in [1.807, 2.05) is 16.8 Å². The van der Waals surface area contributed by atoms with Crippen LogP contribution in [-0.4, -0.2) is 14.5 Å². The first-order valence-corrected chi connectivity index (χ1v) is 8.99. The molecule has 0 saturated heterocycles. The molecule has 0 bridgehead atoms. The average Bonchev–Trinajstić information content (AvgIpc) is 3.13. The lowest BCUT2D eigenvalue weighted by molar-refractivity contribution is 0.671. The molecule has 21 heavy (non-hydrogen) atoms. The molecule has 0 amide bonds. The minimum Gasteiger partial charge on any atom is -0.283 e. The maximum absolute atomic E-state index is 12.5. The van der Waals surface area contributed by atoms with Crippen LogP contribution in [0, 0.1) is 0 Å². The number of rotatable bonds is 5. The van der Waals surface area contributed by atoms with Crippen molar-refractivity contribution in [3.63, 3.8) is 0 Å². The van der Waals surface area contributed by atoms with E-state index in [-0.39, 0.29) is 10.8 Å². The molecule has 4 nitrogen and oxygen atoms in total. The molecule has 0 fully saturated rings. The van der Waals surface area contributed by atoms with E-state index in [2.05, 4.69) is 23.5 Å². The van der Waals surface area contributed by atoms with E-state index in [0.29, 0.717) is 11.9 Å². The number of nitrogens with zero attached hydrogens (tertiary/aromatic N) is 3. The molecule has 0 aliphatic heterocycles. The molecule has 1 unspecified atom stereocenters.